The molecule has 0 spiro atoms. The van der Waals surface area contributed by atoms with Crippen molar-refractivity contribution >= 4 is 37.5 Å². The highest BCUT2D eigenvalue weighted by atomic mass is 79.9. The first-order valence-electron chi connectivity index (χ1n) is 5.43. The Hall–Kier alpha value is -0.800. The van der Waals surface area contributed by atoms with E-state index in [2.05, 4.69) is 68.4 Å². The van der Waals surface area contributed by atoms with Gasteiger partial charge in [0.2, 0.25) is 0 Å². The van der Waals surface area contributed by atoms with Crippen LogP contribution in [0.4, 0.5) is 5.69 Å². The van der Waals surface area contributed by atoms with E-state index in [-0.39, 0.29) is 6.04 Å². The van der Waals surface area contributed by atoms with Gasteiger partial charge in [0.05, 0.1) is 0 Å². The second-order valence-electron chi connectivity index (χ2n) is 3.90. The molecule has 3 heteroatoms. The third-order valence-electron chi connectivity index (χ3n) is 2.59. The van der Waals surface area contributed by atoms with Crippen molar-refractivity contribution in [1.29, 1.82) is 0 Å². The number of anilines is 1. The Morgan fingerprint density at radius 1 is 1.00 bits per heavy atom. The van der Waals surface area contributed by atoms with Crippen LogP contribution in [-0.2, 0) is 0 Å². The van der Waals surface area contributed by atoms with Crippen molar-refractivity contribution in [3.63, 3.8) is 0 Å². The first kappa shape index (κ1) is 12.7. The van der Waals surface area contributed by atoms with Crippen molar-refractivity contribution < 1.29 is 0 Å². The van der Waals surface area contributed by atoms with Crippen LogP contribution in [0.1, 0.15) is 18.5 Å². The second-order valence-corrected chi connectivity index (χ2v) is 5.67. The van der Waals surface area contributed by atoms with E-state index in [0.29, 0.717) is 0 Å². The van der Waals surface area contributed by atoms with E-state index in [1.807, 2.05) is 24.3 Å². The molecule has 1 unspecified atom stereocenters. The lowest BCUT2D eigenvalue weighted by Crippen LogP contribution is -2.06. The number of para-hydroxylation sites is 1. The molecule has 0 radical (unpaired) electrons. The molecule has 2 aromatic carbocycles. The minimum atomic E-state index is 0.270. The van der Waals surface area contributed by atoms with E-state index in [1.54, 1.807) is 0 Å². The number of rotatable bonds is 3. The van der Waals surface area contributed by atoms with Gasteiger partial charge < -0.3 is 5.32 Å². The van der Waals surface area contributed by atoms with Crippen molar-refractivity contribution in [3.8, 4) is 0 Å². The van der Waals surface area contributed by atoms with Gasteiger partial charge >= 0.3 is 0 Å². The van der Waals surface area contributed by atoms with Crippen LogP contribution >= 0.6 is 31.9 Å². The Morgan fingerprint density at radius 3 is 2.47 bits per heavy atom. The van der Waals surface area contributed by atoms with Crippen LogP contribution in [0, 0.1) is 0 Å². The van der Waals surface area contributed by atoms with Gasteiger partial charge in [-0.05, 0) is 52.7 Å². The maximum absolute atomic E-state index is 3.54. The minimum absolute atomic E-state index is 0.270. The monoisotopic (exact) mass is 353 g/mol. The van der Waals surface area contributed by atoms with Crippen LogP contribution in [0.2, 0.25) is 0 Å². The molecule has 0 saturated carbocycles. The van der Waals surface area contributed by atoms with Crippen LogP contribution in [-0.4, -0.2) is 0 Å². The molecule has 17 heavy (non-hydrogen) atoms. The molecule has 0 aliphatic rings. The average molecular weight is 355 g/mol. The lowest BCUT2D eigenvalue weighted by Gasteiger charge is -2.17. The fourth-order valence-electron chi connectivity index (χ4n) is 1.67. The Morgan fingerprint density at radius 2 is 1.76 bits per heavy atom. The molecule has 2 rings (SSSR count). The molecule has 1 nitrogen and oxygen atoms in total. The number of nitrogens with one attached hydrogen (secondary N) is 1. The van der Waals surface area contributed by atoms with Crippen LogP contribution in [0.15, 0.2) is 57.5 Å². The summed E-state index contributed by atoms with van der Waals surface area (Å²) < 4.78 is 2.19. The van der Waals surface area contributed by atoms with E-state index in [4.69, 9.17) is 0 Å². The first-order valence-corrected chi connectivity index (χ1v) is 7.02. The summed E-state index contributed by atoms with van der Waals surface area (Å²) >= 11 is 7.03. The van der Waals surface area contributed by atoms with Crippen LogP contribution in [0.5, 0.6) is 0 Å². The molecule has 0 aliphatic carbocycles. The number of hydrogen-bond acceptors (Lipinski definition) is 1. The third-order valence-corrected chi connectivity index (χ3v) is 3.78. The second kappa shape index (κ2) is 5.69. The van der Waals surface area contributed by atoms with E-state index < -0.39 is 0 Å². The molecule has 0 aromatic heterocycles. The molecule has 88 valence electrons. The molecule has 0 amide bonds. The summed E-state index contributed by atoms with van der Waals surface area (Å²) in [5.41, 5.74) is 2.37. The fourth-order valence-corrected chi connectivity index (χ4v) is 2.49. The van der Waals surface area contributed by atoms with Gasteiger partial charge in [-0.2, -0.15) is 0 Å². The van der Waals surface area contributed by atoms with Gasteiger partial charge in [0.1, 0.15) is 0 Å². The zero-order valence-electron chi connectivity index (χ0n) is 9.45. The highest BCUT2D eigenvalue weighted by Crippen LogP contribution is 2.27. The smallest absolute Gasteiger partial charge is 0.0489 e. The third kappa shape index (κ3) is 3.33. The Balaban J connectivity index is 2.17. The molecular weight excluding hydrogens is 342 g/mol. The topological polar surface area (TPSA) is 12.0 Å². The number of hydrogen-bond donors (Lipinski definition) is 1. The Kier molecular flexibility index (Phi) is 4.24. The molecule has 0 fully saturated rings. The summed E-state index contributed by atoms with van der Waals surface area (Å²) in [6, 6.07) is 16.8. The van der Waals surface area contributed by atoms with E-state index in [9.17, 15) is 0 Å². The lowest BCUT2D eigenvalue weighted by molar-refractivity contribution is 0.882. The predicted octanol–water partition coefficient (Wildman–Crippen LogP) is 5.38. The van der Waals surface area contributed by atoms with Gasteiger partial charge in [-0.15, -0.1) is 0 Å². The molecular formula is C14H13Br2N. The van der Waals surface area contributed by atoms with E-state index >= 15 is 0 Å². The zero-order chi connectivity index (χ0) is 12.3. The van der Waals surface area contributed by atoms with Crippen molar-refractivity contribution in [1.82, 2.24) is 0 Å². The van der Waals surface area contributed by atoms with E-state index in [0.717, 1.165) is 14.6 Å². The molecule has 0 saturated heterocycles. The highest BCUT2D eigenvalue weighted by molar-refractivity contribution is 9.10. The number of halogens is 2. The van der Waals surface area contributed by atoms with Crippen LogP contribution < -0.4 is 5.32 Å². The Bertz CT molecular complexity index is 511. The van der Waals surface area contributed by atoms with Crippen molar-refractivity contribution in [2.24, 2.45) is 0 Å². The van der Waals surface area contributed by atoms with Crippen molar-refractivity contribution in [2.75, 3.05) is 5.32 Å². The summed E-state index contributed by atoms with van der Waals surface area (Å²) in [4.78, 5) is 0. The van der Waals surface area contributed by atoms with Crippen molar-refractivity contribution in [3.05, 3.63) is 63.0 Å². The minimum Gasteiger partial charge on any atom is -0.378 e. The summed E-state index contributed by atoms with van der Waals surface area (Å²) in [7, 11) is 0. The van der Waals surface area contributed by atoms with Gasteiger partial charge in [-0.3, -0.25) is 0 Å². The normalized spacial score (nSPS) is 12.2. The Labute approximate surface area is 119 Å². The van der Waals surface area contributed by atoms with Crippen LogP contribution in [0.25, 0.3) is 0 Å². The summed E-state index contributed by atoms with van der Waals surface area (Å²) in [6.45, 7) is 2.15. The fraction of sp³-hybridized carbons (Fsp3) is 0.143. The SMILES string of the molecule is CC(Nc1ccccc1Br)c1cccc(Br)c1. The molecule has 2 aromatic rings. The van der Waals surface area contributed by atoms with Crippen LogP contribution in [0.3, 0.4) is 0 Å². The van der Waals surface area contributed by atoms with Gasteiger partial charge in [0, 0.05) is 20.7 Å². The maximum Gasteiger partial charge on any atom is 0.0489 e. The molecule has 0 aliphatic heterocycles. The van der Waals surface area contributed by atoms with E-state index in [1.165, 1.54) is 5.56 Å². The lowest BCUT2D eigenvalue weighted by atomic mass is 10.1. The number of benzene rings is 2. The van der Waals surface area contributed by atoms with Gasteiger partial charge in [0.25, 0.3) is 0 Å². The highest BCUT2D eigenvalue weighted by Gasteiger charge is 2.07. The molecule has 1 atom stereocenters. The van der Waals surface area contributed by atoms with Gasteiger partial charge in [-0.1, -0.05) is 40.2 Å². The molecule has 0 bridgehead atoms. The summed E-state index contributed by atoms with van der Waals surface area (Å²) in [5.74, 6) is 0. The summed E-state index contributed by atoms with van der Waals surface area (Å²) in [5, 5.41) is 3.49. The zero-order valence-corrected chi connectivity index (χ0v) is 12.6. The molecule has 1 N–H and O–H groups in total. The largest absolute Gasteiger partial charge is 0.378 e. The average Bonchev–Trinajstić information content (AvgIpc) is 2.32. The van der Waals surface area contributed by atoms with Gasteiger partial charge in [0.15, 0.2) is 0 Å². The maximum atomic E-state index is 3.54. The molecule has 0 heterocycles. The standard InChI is InChI=1S/C14H13Br2N/c1-10(11-5-4-6-12(15)9-11)17-14-8-3-2-7-13(14)16/h2-10,17H,1H3. The summed E-state index contributed by atoms with van der Waals surface area (Å²) in [6.07, 6.45) is 0. The van der Waals surface area contributed by atoms with Gasteiger partial charge in [-0.25, -0.2) is 0 Å². The predicted molar refractivity (Wildman–Crippen MR) is 80.3 cm³/mol. The quantitative estimate of drug-likeness (QED) is 0.779. The van der Waals surface area contributed by atoms with Crippen molar-refractivity contribution in [2.45, 2.75) is 13.0 Å². The first-order chi connectivity index (χ1) is 8.16.